The summed E-state index contributed by atoms with van der Waals surface area (Å²) in [6, 6.07) is 6.64. The second kappa shape index (κ2) is 6.29. The number of carbonyl (C=O) groups excluding carboxylic acids is 2. The molecule has 3 aromatic heterocycles. The summed E-state index contributed by atoms with van der Waals surface area (Å²) in [4.78, 5) is 44.2. The minimum Gasteiger partial charge on any atom is -0.268 e. The van der Waals surface area contributed by atoms with Crippen LogP contribution in [0.25, 0.3) is 5.65 Å². The van der Waals surface area contributed by atoms with Crippen LogP contribution in [0.2, 0.25) is 0 Å². The first-order valence-corrected chi connectivity index (χ1v) is 7.05. The maximum Gasteiger partial charge on any atom is 0.276 e. The second-order valence-corrected chi connectivity index (χ2v) is 5.06. The Hall–Kier alpha value is -3.55. The number of fused-ring (bicyclic) bond motifs is 1. The summed E-state index contributed by atoms with van der Waals surface area (Å²) in [7, 11) is 0. The summed E-state index contributed by atoms with van der Waals surface area (Å²) in [6.07, 6.45) is 5.66. The Labute approximate surface area is 136 Å². The number of hydrogen-bond donors (Lipinski definition) is 2. The molecule has 0 spiro atoms. The van der Waals surface area contributed by atoms with Gasteiger partial charge in [0.05, 0.1) is 5.56 Å². The summed E-state index contributed by atoms with van der Waals surface area (Å²) in [5.74, 6) is -1.29. The maximum absolute atomic E-state index is 12.4. The van der Waals surface area contributed by atoms with Crippen LogP contribution in [0.3, 0.4) is 0 Å². The number of hydrazine groups is 1. The van der Waals surface area contributed by atoms with Gasteiger partial charge in [-0.25, -0.2) is 4.98 Å². The largest absolute Gasteiger partial charge is 0.276 e. The lowest BCUT2D eigenvalue weighted by molar-refractivity contribution is 0.0845. The van der Waals surface area contributed by atoms with Crippen LogP contribution in [0, 0.1) is 6.92 Å². The van der Waals surface area contributed by atoms with Crippen molar-refractivity contribution in [2.45, 2.75) is 6.92 Å². The molecule has 8 heteroatoms. The van der Waals surface area contributed by atoms with Crippen LogP contribution in [0.5, 0.6) is 0 Å². The lowest BCUT2D eigenvalue weighted by atomic mass is 10.2. The fraction of sp³-hybridized carbons (Fsp3) is 0.0625. The van der Waals surface area contributed by atoms with Crippen LogP contribution >= 0.6 is 0 Å². The minimum atomic E-state index is -0.749. The lowest BCUT2D eigenvalue weighted by Crippen LogP contribution is -2.43. The van der Waals surface area contributed by atoms with Crippen molar-refractivity contribution < 1.29 is 9.59 Å². The van der Waals surface area contributed by atoms with E-state index in [9.17, 15) is 14.4 Å². The van der Waals surface area contributed by atoms with Gasteiger partial charge < -0.3 is 0 Å². The first-order valence-electron chi connectivity index (χ1n) is 7.05. The van der Waals surface area contributed by atoms with Crippen molar-refractivity contribution >= 4 is 17.5 Å². The van der Waals surface area contributed by atoms with Crippen molar-refractivity contribution in [1.82, 2.24) is 25.2 Å². The molecule has 0 unspecified atom stereocenters. The normalized spacial score (nSPS) is 10.4. The number of amides is 2. The van der Waals surface area contributed by atoms with Gasteiger partial charge in [0.2, 0.25) is 0 Å². The molecule has 24 heavy (non-hydrogen) atoms. The lowest BCUT2D eigenvalue weighted by Gasteiger charge is -2.08. The fourth-order valence-corrected chi connectivity index (χ4v) is 2.09. The zero-order valence-electron chi connectivity index (χ0n) is 12.7. The highest BCUT2D eigenvalue weighted by Crippen LogP contribution is 2.01. The molecule has 3 heterocycles. The summed E-state index contributed by atoms with van der Waals surface area (Å²) < 4.78 is 1.28. The number of aryl methyl sites for hydroxylation is 1. The molecule has 3 aromatic rings. The number of rotatable bonds is 2. The molecular formula is C16H13N5O3. The van der Waals surface area contributed by atoms with E-state index in [-0.39, 0.29) is 11.1 Å². The topological polar surface area (TPSA) is 105 Å². The predicted octanol–water partition coefficient (Wildman–Crippen LogP) is 0.473. The quantitative estimate of drug-likeness (QED) is 0.667. The van der Waals surface area contributed by atoms with Gasteiger partial charge in [-0.2, -0.15) is 0 Å². The zero-order chi connectivity index (χ0) is 17.1. The van der Waals surface area contributed by atoms with Crippen molar-refractivity contribution in [2.24, 2.45) is 0 Å². The molecule has 0 bridgehead atoms. The van der Waals surface area contributed by atoms with Crippen LogP contribution in [0.1, 0.15) is 26.3 Å². The number of aromatic nitrogens is 3. The SMILES string of the molecule is Cc1ccc2ncc(C(=O)NNC(=O)c3cccnc3)c(=O)n2c1. The standard InChI is InChI=1S/C16H13N5O3/c1-10-4-5-13-18-8-12(16(24)21(13)9-10)15(23)20-19-14(22)11-3-2-6-17-7-11/h2-9H,1H3,(H,19,22)(H,20,23). The van der Waals surface area contributed by atoms with Crippen molar-refractivity contribution in [3.05, 3.63) is 76.1 Å². The average Bonchev–Trinajstić information content (AvgIpc) is 2.61. The van der Waals surface area contributed by atoms with Crippen LogP contribution in [-0.4, -0.2) is 26.2 Å². The highest BCUT2D eigenvalue weighted by molar-refractivity contribution is 5.98. The molecule has 120 valence electrons. The van der Waals surface area contributed by atoms with Gasteiger partial charge >= 0.3 is 0 Å². The molecule has 0 radical (unpaired) electrons. The Morgan fingerprint density at radius 3 is 2.62 bits per heavy atom. The van der Waals surface area contributed by atoms with E-state index in [1.54, 1.807) is 24.4 Å². The first kappa shape index (κ1) is 15.3. The van der Waals surface area contributed by atoms with Crippen molar-refractivity contribution in [1.29, 1.82) is 0 Å². The molecule has 0 atom stereocenters. The molecule has 0 saturated heterocycles. The molecule has 3 rings (SSSR count). The number of carbonyl (C=O) groups is 2. The molecule has 2 N–H and O–H groups in total. The Bertz CT molecular complexity index is 982. The van der Waals surface area contributed by atoms with E-state index in [4.69, 9.17) is 0 Å². The van der Waals surface area contributed by atoms with Crippen LogP contribution in [-0.2, 0) is 0 Å². The molecule has 8 nitrogen and oxygen atoms in total. The van der Waals surface area contributed by atoms with Crippen molar-refractivity contribution in [2.75, 3.05) is 0 Å². The van der Waals surface area contributed by atoms with Gasteiger partial charge in [-0.3, -0.25) is 34.6 Å². The monoisotopic (exact) mass is 323 g/mol. The fourth-order valence-electron chi connectivity index (χ4n) is 2.09. The summed E-state index contributed by atoms with van der Waals surface area (Å²) in [5.41, 5.74) is 5.30. The van der Waals surface area contributed by atoms with Gasteiger partial charge in [0, 0.05) is 24.8 Å². The highest BCUT2D eigenvalue weighted by atomic mass is 16.2. The van der Waals surface area contributed by atoms with Crippen LogP contribution in [0.4, 0.5) is 0 Å². The van der Waals surface area contributed by atoms with E-state index < -0.39 is 17.4 Å². The van der Waals surface area contributed by atoms with E-state index in [0.717, 1.165) is 5.56 Å². The van der Waals surface area contributed by atoms with E-state index in [1.165, 1.54) is 23.0 Å². The van der Waals surface area contributed by atoms with Gasteiger partial charge in [0.1, 0.15) is 11.2 Å². The maximum atomic E-state index is 12.4. The molecule has 0 aliphatic carbocycles. The molecule has 2 amide bonds. The molecule has 0 saturated carbocycles. The van der Waals surface area contributed by atoms with Gasteiger partial charge in [0.25, 0.3) is 17.4 Å². The third-order valence-electron chi connectivity index (χ3n) is 3.31. The number of pyridine rings is 2. The Morgan fingerprint density at radius 2 is 1.88 bits per heavy atom. The van der Waals surface area contributed by atoms with Gasteiger partial charge in [-0.05, 0) is 30.7 Å². The van der Waals surface area contributed by atoms with E-state index in [1.807, 2.05) is 13.0 Å². The third-order valence-corrected chi connectivity index (χ3v) is 3.31. The first-order chi connectivity index (χ1) is 11.6. The predicted molar refractivity (Wildman–Crippen MR) is 85.4 cm³/mol. The summed E-state index contributed by atoms with van der Waals surface area (Å²) in [5, 5.41) is 0. The molecule has 0 aromatic carbocycles. The molecule has 0 aliphatic rings. The van der Waals surface area contributed by atoms with Gasteiger partial charge in [0.15, 0.2) is 0 Å². The Morgan fingerprint density at radius 1 is 1.08 bits per heavy atom. The van der Waals surface area contributed by atoms with E-state index >= 15 is 0 Å². The highest BCUT2D eigenvalue weighted by Gasteiger charge is 2.14. The van der Waals surface area contributed by atoms with E-state index in [0.29, 0.717) is 5.65 Å². The van der Waals surface area contributed by atoms with Gasteiger partial charge in [-0.1, -0.05) is 6.07 Å². The van der Waals surface area contributed by atoms with Crippen LogP contribution < -0.4 is 16.4 Å². The Kier molecular flexibility index (Phi) is 4.02. The van der Waals surface area contributed by atoms with Crippen molar-refractivity contribution in [3.8, 4) is 0 Å². The smallest absolute Gasteiger partial charge is 0.268 e. The number of hydrogen-bond acceptors (Lipinski definition) is 5. The molecular weight excluding hydrogens is 310 g/mol. The van der Waals surface area contributed by atoms with E-state index in [2.05, 4.69) is 20.8 Å². The van der Waals surface area contributed by atoms with Crippen molar-refractivity contribution in [3.63, 3.8) is 0 Å². The van der Waals surface area contributed by atoms with Gasteiger partial charge in [-0.15, -0.1) is 0 Å². The average molecular weight is 323 g/mol. The van der Waals surface area contributed by atoms with Crippen LogP contribution in [0.15, 0.2) is 53.8 Å². The molecule has 0 aliphatic heterocycles. The summed E-state index contributed by atoms with van der Waals surface area (Å²) in [6.45, 7) is 1.83. The zero-order valence-corrected chi connectivity index (χ0v) is 12.7. The number of nitrogens with zero attached hydrogens (tertiary/aromatic N) is 3. The molecule has 0 fully saturated rings. The minimum absolute atomic E-state index is 0.176. The third kappa shape index (κ3) is 2.98. The Balaban J connectivity index is 1.80. The summed E-state index contributed by atoms with van der Waals surface area (Å²) >= 11 is 0. The number of nitrogens with one attached hydrogen (secondary N) is 2. The second-order valence-electron chi connectivity index (χ2n) is 5.06.